The Labute approximate surface area is 106 Å². The van der Waals surface area contributed by atoms with Crippen LogP contribution in [0.1, 0.15) is 32.6 Å². The quantitative estimate of drug-likeness (QED) is 0.729. The fraction of sp³-hybridized carbons (Fsp3) is 1.00. The first-order valence-electron chi connectivity index (χ1n) is 7.41. The smallest absolute Gasteiger partial charge is 0.0594 e. The third kappa shape index (κ3) is 4.57. The van der Waals surface area contributed by atoms with Crippen LogP contribution in [0.25, 0.3) is 0 Å². The van der Waals surface area contributed by atoms with E-state index in [0.29, 0.717) is 0 Å². The van der Waals surface area contributed by atoms with Crippen LogP contribution in [0.5, 0.6) is 0 Å². The summed E-state index contributed by atoms with van der Waals surface area (Å²) in [6.07, 6.45) is 5.56. The molecule has 0 spiro atoms. The second-order valence-corrected chi connectivity index (χ2v) is 5.50. The van der Waals surface area contributed by atoms with E-state index in [2.05, 4.69) is 16.7 Å². The molecule has 0 aromatic rings. The summed E-state index contributed by atoms with van der Waals surface area (Å²) in [6.45, 7) is 11.7. The molecule has 0 N–H and O–H groups in total. The van der Waals surface area contributed by atoms with Gasteiger partial charge in [0, 0.05) is 13.1 Å². The van der Waals surface area contributed by atoms with Gasteiger partial charge in [-0.2, -0.15) is 0 Å². The Morgan fingerprint density at radius 2 is 1.53 bits per heavy atom. The Hall–Kier alpha value is -0.120. The molecule has 0 bridgehead atoms. The Morgan fingerprint density at radius 1 is 0.941 bits per heavy atom. The zero-order valence-electron chi connectivity index (χ0n) is 11.4. The monoisotopic (exact) mass is 240 g/mol. The number of ether oxygens (including phenoxy) is 1. The van der Waals surface area contributed by atoms with E-state index in [1.165, 1.54) is 51.9 Å². The Morgan fingerprint density at radius 3 is 2.12 bits per heavy atom. The van der Waals surface area contributed by atoms with Crippen LogP contribution in [0.15, 0.2) is 0 Å². The zero-order valence-corrected chi connectivity index (χ0v) is 11.4. The van der Waals surface area contributed by atoms with Crippen LogP contribution < -0.4 is 0 Å². The largest absolute Gasteiger partial charge is 0.379 e. The SMILES string of the molecule is CCC1CCN(CCCN2CCOCC2)CC1. The van der Waals surface area contributed by atoms with E-state index in [1.54, 1.807) is 0 Å². The van der Waals surface area contributed by atoms with E-state index >= 15 is 0 Å². The molecule has 0 amide bonds. The third-order valence-corrected chi connectivity index (χ3v) is 4.34. The average Bonchev–Trinajstić information content (AvgIpc) is 2.41. The van der Waals surface area contributed by atoms with E-state index in [0.717, 1.165) is 32.2 Å². The highest BCUT2D eigenvalue weighted by molar-refractivity contribution is 4.72. The van der Waals surface area contributed by atoms with Gasteiger partial charge in [0.15, 0.2) is 0 Å². The number of hydrogen-bond acceptors (Lipinski definition) is 3. The van der Waals surface area contributed by atoms with Gasteiger partial charge < -0.3 is 9.64 Å². The standard InChI is InChI=1S/C14H28N2O/c1-2-14-4-8-15(9-5-14)6-3-7-16-10-12-17-13-11-16/h14H,2-13H2,1H3. The van der Waals surface area contributed by atoms with Crippen LogP contribution in [0.3, 0.4) is 0 Å². The van der Waals surface area contributed by atoms with Crippen molar-refractivity contribution in [2.75, 3.05) is 52.5 Å². The van der Waals surface area contributed by atoms with Gasteiger partial charge in [0.2, 0.25) is 0 Å². The van der Waals surface area contributed by atoms with Crippen molar-refractivity contribution in [3.05, 3.63) is 0 Å². The first-order valence-corrected chi connectivity index (χ1v) is 7.41. The van der Waals surface area contributed by atoms with Crippen molar-refractivity contribution in [2.45, 2.75) is 32.6 Å². The van der Waals surface area contributed by atoms with Crippen LogP contribution in [0.4, 0.5) is 0 Å². The molecule has 3 nitrogen and oxygen atoms in total. The second-order valence-electron chi connectivity index (χ2n) is 5.50. The molecule has 2 heterocycles. The molecule has 0 saturated carbocycles. The van der Waals surface area contributed by atoms with Crippen LogP contribution >= 0.6 is 0 Å². The maximum absolute atomic E-state index is 5.37. The highest BCUT2D eigenvalue weighted by Gasteiger charge is 2.17. The van der Waals surface area contributed by atoms with Gasteiger partial charge in [-0.3, -0.25) is 4.90 Å². The molecule has 0 aliphatic carbocycles. The lowest BCUT2D eigenvalue weighted by molar-refractivity contribution is 0.0355. The van der Waals surface area contributed by atoms with Gasteiger partial charge in [0.05, 0.1) is 13.2 Å². The summed E-state index contributed by atoms with van der Waals surface area (Å²) in [5.74, 6) is 1.01. The summed E-state index contributed by atoms with van der Waals surface area (Å²) in [4.78, 5) is 5.20. The predicted molar refractivity (Wildman–Crippen MR) is 71.3 cm³/mol. The first-order chi connectivity index (χ1) is 8.38. The Balaban J connectivity index is 1.53. The number of rotatable bonds is 5. The topological polar surface area (TPSA) is 15.7 Å². The van der Waals surface area contributed by atoms with Crippen molar-refractivity contribution in [2.24, 2.45) is 5.92 Å². The van der Waals surface area contributed by atoms with E-state index in [4.69, 9.17) is 4.74 Å². The van der Waals surface area contributed by atoms with Gasteiger partial charge in [0.1, 0.15) is 0 Å². The van der Waals surface area contributed by atoms with E-state index < -0.39 is 0 Å². The molecule has 0 unspecified atom stereocenters. The first kappa shape index (κ1) is 13.3. The van der Waals surface area contributed by atoms with Crippen LogP contribution in [-0.4, -0.2) is 62.3 Å². The van der Waals surface area contributed by atoms with Gasteiger partial charge >= 0.3 is 0 Å². The van der Waals surface area contributed by atoms with E-state index in [9.17, 15) is 0 Å². The fourth-order valence-electron chi connectivity index (χ4n) is 2.96. The van der Waals surface area contributed by atoms with Crippen molar-refractivity contribution in [1.82, 2.24) is 9.80 Å². The number of nitrogens with zero attached hydrogens (tertiary/aromatic N) is 2. The van der Waals surface area contributed by atoms with Gasteiger partial charge in [-0.05, 0) is 51.4 Å². The average molecular weight is 240 g/mol. The summed E-state index contributed by atoms with van der Waals surface area (Å²) < 4.78 is 5.37. The lowest BCUT2D eigenvalue weighted by Gasteiger charge is -2.32. The van der Waals surface area contributed by atoms with Gasteiger partial charge in [-0.1, -0.05) is 13.3 Å². The molecule has 2 saturated heterocycles. The molecule has 0 atom stereocenters. The van der Waals surface area contributed by atoms with Gasteiger partial charge in [-0.15, -0.1) is 0 Å². The normalized spacial score (nSPS) is 25.2. The molecule has 0 aromatic carbocycles. The van der Waals surface area contributed by atoms with Crippen LogP contribution in [0, 0.1) is 5.92 Å². The molecule has 2 fully saturated rings. The molecule has 0 aromatic heterocycles. The van der Waals surface area contributed by atoms with Crippen LogP contribution in [-0.2, 0) is 4.74 Å². The molecule has 100 valence electrons. The molecule has 2 aliphatic heterocycles. The van der Waals surface area contributed by atoms with Gasteiger partial charge in [-0.25, -0.2) is 0 Å². The van der Waals surface area contributed by atoms with Crippen molar-refractivity contribution in [3.63, 3.8) is 0 Å². The fourth-order valence-corrected chi connectivity index (χ4v) is 2.96. The van der Waals surface area contributed by atoms with E-state index in [1.807, 2.05) is 0 Å². The zero-order chi connectivity index (χ0) is 11.9. The summed E-state index contributed by atoms with van der Waals surface area (Å²) in [5, 5.41) is 0. The molecule has 2 aliphatic rings. The molecular formula is C14H28N2O. The molecule has 2 rings (SSSR count). The highest BCUT2D eigenvalue weighted by atomic mass is 16.5. The van der Waals surface area contributed by atoms with Crippen molar-refractivity contribution >= 4 is 0 Å². The number of piperidine rings is 1. The predicted octanol–water partition coefficient (Wildman–Crippen LogP) is 1.83. The Bertz CT molecular complexity index is 196. The lowest BCUT2D eigenvalue weighted by Crippen LogP contribution is -2.39. The highest BCUT2D eigenvalue weighted by Crippen LogP contribution is 2.19. The maximum atomic E-state index is 5.37. The van der Waals surface area contributed by atoms with Gasteiger partial charge in [0.25, 0.3) is 0 Å². The molecule has 17 heavy (non-hydrogen) atoms. The van der Waals surface area contributed by atoms with Crippen molar-refractivity contribution in [3.8, 4) is 0 Å². The summed E-state index contributed by atoms with van der Waals surface area (Å²) in [5.41, 5.74) is 0. The second kappa shape index (κ2) is 7.34. The summed E-state index contributed by atoms with van der Waals surface area (Å²) >= 11 is 0. The van der Waals surface area contributed by atoms with E-state index in [-0.39, 0.29) is 0 Å². The Kier molecular flexibility index (Phi) is 5.75. The lowest BCUT2D eigenvalue weighted by atomic mass is 9.94. The summed E-state index contributed by atoms with van der Waals surface area (Å²) in [6, 6.07) is 0. The maximum Gasteiger partial charge on any atom is 0.0594 e. The van der Waals surface area contributed by atoms with Crippen molar-refractivity contribution in [1.29, 1.82) is 0 Å². The number of hydrogen-bond donors (Lipinski definition) is 0. The number of morpholine rings is 1. The minimum Gasteiger partial charge on any atom is -0.379 e. The number of likely N-dealkylation sites (tertiary alicyclic amines) is 1. The minimum absolute atomic E-state index is 0.932. The molecule has 3 heteroatoms. The minimum atomic E-state index is 0.932. The third-order valence-electron chi connectivity index (χ3n) is 4.34. The summed E-state index contributed by atoms with van der Waals surface area (Å²) in [7, 11) is 0. The van der Waals surface area contributed by atoms with Crippen LogP contribution in [0.2, 0.25) is 0 Å². The molecule has 0 radical (unpaired) electrons. The molecular weight excluding hydrogens is 212 g/mol. The van der Waals surface area contributed by atoms with Crippen molar-refractivity contribution < 1.29 is 4.74 Å².